The van der Waals surface area contributed by atoms with E-state index in [2.05, 4.69) is 11.1 Å². The average molecular weight is 158 g/mol. The van der Waals surface area contributed by atoms with E-state index in [1.54, 1.807) is 19.4 Å². The van der Waals surface area contributed by atoms with Crippen LogP contribution in [0.25, 0.3) is 10.9 Å². The van der Waals surface area contributed by atoms with Gasteiger partial charge in [0, 0.05) is 17.6 Å². The molecule has 2 nitrogen and oxygen atoms in total. The van der Waals surface area contributed by atoms with Gasteiger partial charge in [-0.1, -0.05) is 0 Å². The first-order valence-corrected chi connectivity index (χ1v) is 3.70. The Morgan fingerprint density at radius 1 is 1.42 bits per heavy atom. The van der Waals surface area contributed by atoms with Gasteiger partial charge in [-0.2, -0.15) is 0 Å². The van der Waals surface area contributed by atoms with Crippen molar-refractivity contribution < 1.29 is 4.74 Å². The van der Waals surface area contributed by atoms with Gasteiger partial charge < -0.3 is 4.74 Å². The van der Waals surface area contributed by atoms with E-state index < -0.39 is 0 Å². The van der Waals surface area contributed by atoms with Gasteiger partial charge in [0.05, 0.1) is 12.6 Å². The number of aromatic nitrogens is 1. The predicted octanol–water partition coefficient (Wildman–Crippen LogP) is 2.04. The summed E-state index contributed by atoms with van der Waals surface area (Å²) in [6, 6.07) is 10.6. The van der Waals surface area contributed by atoms with Crippen LogP contribution in [-0.2, 0) is 0 Å². The standard InChI is InChI=1S/C10H8NO/c1-12-9-5-4-8-3-2-6-11-10(8)7-9/h2,4-7H,1H3. The van der Waals surface area contributed by atoms with E-state index in [-0.39, 0.29) is 0 Å². The number of hydrogen-bond acceptors (Lipinski definition) is 2. The van der Waals surface area contributed by atoms with Crippen LogP contribution in [0, 0.1) is 6.07 Å². The number of methoxy groups -OCH3 is 1. The van der Waals surface area contributed by atoms with Crippen molar-refractivity contribution in [3.8, 4) is 5.75 Å². The summed E-state index contributed by atoms with van der Waals surface area (Å²) in [5, 5.41) is 1.01. The van der Waals surface area contributed by atoms with Crippen LogP contribution >= 0.6 is 0 Å². The van der Waals surface area contributed by atoms with E-state index in [4.69, 9.17) is 4.74 Å². The van der Waals surface area contributed by atoms with Gasteiger partial charge in [0.2, 0.25) is 0 Å². The largest absolute Gasteiger partial charge is 0.497 e. The van der Waals surface area contributed by atoms with E-state index in [1.807, 2.05) is 18.2 Å². The first-order chi connectivity index (χ1) is 5.90. The molecule has 1 radical (unpaired) electrons. The molecule has 0 aliphatic carbocycles. The molecule has 0 amide bonds. The molecule has 0 bridgehead atoms. The quantitative estimate of drug-likeness (QED) is 0.633. The second kappa shape index (κ2) is 2.81. The minimum absolute atomic E-state index is 0.828. The summed E-state index contributed by atoms with van der Waals surface area (Å²) >= 11 is 0. The molecular weight excluding hydrogens is 150 g/mol. The van der Waals surface area contributed by atoms with Crippen LogP contribution in [-0.4, -0.2) is 12.1 Å². The van der Waals surface area contributed by atoms with Crippen molar-refractivity contribution in [1.29, 1.82) is 0 Å². The Balaban J connectivity index is 2.67. The predicted molar refractivity (Wildman–Crippen MR) is 47.1 cm³/mol. The Labute approximate surface area is 70.8 Å². The van der Waals surface area contributed by atoms with Gasteiger partial charge in [0.1, 0.15) is 5.75 Å². The molecule has 12 heavy (non-hydrogen) atoms. The zero-order valence-corrected chi connectivity index (χ0v) is 6.74. The molecule has 1 aromatic heterocycles. The van der Waals surface area contributed by atoms with Gasteiger partial charge in [-0.15, -0.1) is 0 Å². The molecule has 0 saturated carbocycles. The number of hydrogen-bond donors (Lipinski definition) is 0. The summed E-state index contributed by atoms with van der Waals surface area (Å²) in [5.41, 5.74) is 0.914. The van der Waals surface area contributed by atoms with Crippen molar-refractivity contribution in [2.45, 2.75) is 0 Å². The molecule has 59 valence electrons. The Morgan fingerprint density at radius 3 is 3.17 bits per heavy atom. The second-order valence-corrected chi connectivity index (χ2v) is 2.47. The summed E-state index contributed by atoms with van der Waals surface area (Å²) in [7, 11) is 1.65. The fourth-order valence-corrected chi connectivity index (χ4v) is 1.11. The average Bonchev–Trinajstić information content (AvgIpc) is 2.17. The van der Waals surface area contributed by atoms with Gasteiger partial charge >= 0.3 is 0 Å². The van der Waals surface area contributed by atoms with E-state index in [9.17, 15) is 0 Å². The molecule has 0 aliphatic heterocycles. The monoisotopic (exact) mass is 158 g/mol. The highest BCUT2D eigenvalue weighted by atomic mass is 16.5. The van der Waals surface area contributed by atoms with Gasteiger partial charge in [-0.05, 0) is 24.3 Å². The molecule has 1 heterocycles. The first kappa shape index (κ1) is 7.10. The van der Waals surface area contributed by atoms with Crippen LogP contribution in [0.3, 0.4) is 0 Å². The zero-order valence-electron chi connectivity index (χ0n) is 6.74. The number of pyridine rings is 1. The highest BCUT2D eigenvalue weighted by Crippen LogP contribution is 2.17. The van der Waals surface area contributed by atoms with Crippen LogP contribution in [0.2, 0.25) is 0 Å². The highest BCUT2D eigenvalue weighted by molar-refractivity contribution is 5.78. The molecular formula is C10H8NO. The number of ether oxygens (including phenoxy) is 1. The minimum atomic E-state index is 0.828. The molecule has 2 heteroatoms. The Hall–Kier alpha value is -1.57. The smallest absolute Gasteiger partial charge is 0.121 e. The van der Waals surface area contributed by atoms with Crippen LogP contribution in [0.15, 0.2) is 30.5 Å². The maximum absolute atomic E-state index is 5.07. The van der Waals surface area contributed by atoms with E-state index in [1.165, 1.54) is 0 Å². The number of rotatable bonds is 1. The lowest BCUT2D eigenvalue weighted by Crippen LogP contribution is -1.83. The third kappa shape index (κ3) is 1.11. The third-order valence-corrected chi connectivity index (χ3v) is 1.73. The first-order valence-electron chi connectivity index (χ1n) is 3.70. The van der Waals surface area contributed by atoms with Crippen molar-refractivity contribution >= 4 is 10.9 Å². The maximum atomic E-state index is 5.07. The van der Waals surface area contributed by atoms with E-state index in [0.717, 1.165) is 16.7 Å². The topological polar surface area (TPSA) is 22.1 Å². The summed E-state index contributed by atoms with van der Waals surface area (Å²) in [6.45, 7) is 0. The van der Waals surface area contributed by atoms with Crippen molar-refractivity contribution in [2.24, 2.45) is 0 Å². The lowest BCUT2D eigenvalue weighted by molar-refractivity contribution is 0.415. The highest BCUT2D eigenvalue weighted by Gasteiger charge is 1.94. The molecule has 1 aromatic carbocycles. The van der Waals surface area contributed by atoms with Gasteiger partial charge in [-0.25, -0.2) is 0 Å². The Kier molecular flexibility index (Phi) is 1.67. The van der Waals surface area contributed by atoms with Crippen molar-refractivity contribution in [3.63, 3.8) is 0 Å². The van der Waals surface area contributed by atoms with Crippen molar-refractivity contribution in [1.82, 2.24) is 4.98 Å². The lowest BCUT2D eigenvalue weighted by atomic mass is 10.2. The third-order valence-electron chi connectivity index (χ3n) is 1.73. The Morgan fingerprint density at radius 2 is 2.33 bits per heavy atom. The fraction of sp³-hybridized carbons (Fsp3) is 0.100. The summed E-state index contributed by atoms with van der Waals surface area (Å²) < 4.78 is 5.07. The summed E-state index contributed by atoms with van der Waals surface area (Å²) in [4.78, 5) is 4.18. The SMILES string of the molecule is COc1ccc2[c]ccnc2c1. The molecule has 0 N–H and O–H groups in total. The molecule has 0 aliphatic rings. The normalized spacial score (nSPS) is 10.1. The molecule has 0 saturated heterocycles. The zero-order chi connectivity index (χ0) is 8.39. The molecule has 0 spiro atoms. The van der Waals surface area contributed by atoms with Crippen LogP contribution in [0.1, 0.15) is 0 Å². The van der Waals surface area contributed by atoms with Crippen molar-refractivity contribution in [2.75, 3.05) is 7.11 Å². The van der Waals surface area contributed by atoms with E-state index in [0.29, 0.717) is 0 Å². The lowest BCUT2D eigenvalue weighted by Gasteiger charge is -1.99. The summed E-state index contributed by atoms with van der Waals surface area (Å²) in [5.74, 6) is 0.828. The van der Waals surface area contributed by atoms with Crippen LogP contribution in [0.5, 0.6) is 5.75 Å². The van der Waals surface area contributed by atoms with Crippen LogP contribution in [0.4, 0.5) is 0 Å². The minimum Gasteiger partial charge on any atom is -0.497 e. The maximum Gasteiger partial charge on any atom is 0.121 e. The second-order valence-electron chi connectivity index (χ2n) is 2.47. The number of fused-ring (bicyclic) bond motifs is 1. The van der Waals surface area contributed by atoms with Crippen LogP contribution < -0.4 is 4.74 Å². The molecule has 2 aromatic rings. The molecule has 0 unspecified atom stereocenters. The van der Waals surface area contributed by atoms with Gasteiger partial charge in [-0.3, -0.25) is 4.98 Å². The van der Waals surface area contributed by atoms with Gasteiger partial charge in [0.25, 0.3) is 0 Å². The number of nitrogens with zero attached hydrogens (tertiary/aromatic N) is 1. The van der Waals surface area contributed by atoms with Gasteiger partial charge in [0.15, 0.2) is 0 Å². The Bertz CT molecular complexity index is 398. The fourth-order valence-electron chi connectivity index (χ4n) is 1.11. The molecule has 2 rings (SSSR count). The van der Waals surface area contributed by atoms with E-state index >= 15 is 0 Å². The molecule has 0 atom stereocenters. The van der Waals surface area contributed by atoms with Crippen molar-refractivity contribution in [3.05, 3.63) is 36.5 Å². The molecule has 0 fully saturated rings. The summed E-state index contributed by atoms with van der Waals surface area (Å²) in [6.07, 6.45) is 1.72. The number of benzene rings is 1.